The largest absolute Gasteiger partial charge is 0.465 e. The van der Waals surface area contributed by atoms with Crippen LogP contribution in [0.4, 0.5) is 11.5 Å². The van der Waals surface area contributed by atoms with E-state index in [2.05, 4.69) is 25.6 Å². The minimum absolute atomic E-state index is 0.0816. The molecule has 2 aromatic rings. The van der Waals surface area contributed by atoms with Gasteiger partial charge in [0, 0.05) is 11.7 Å². The van der Waals surface area contributed by atoms with Crippen molar-refractivity contribution >= 4 is 23.4 Å². The van der Waals surface area contributed by atoms with Crippen LogP contribution >= 0.6 is 0 Å². The van der Waals surface area contributed by atoms with E-state index in [-0.39, 0.29) is 17.6 Å². The molecule has 2 N–H and O–H groups in total. The summed E-state index contributed by atoms with van der Waals surface area (Å²) in [5.41, 5.74) is 1.35. The van der Waals surface area contributed by atoms with E-state index in [9.17, 15) is 9.59 Å². The molecular formula is C17H20N4O3. The van der Waals surface area contributed by atoms with Crippen LogP contribution in [0.1, 0.15) is 41.1 Å². The van der Waals surface area contributed by atoms with Gasteiger partial charge in [0.2, 0.25) is 0 Å². The number of hydrogen-bond donors (Lipinski definition) is 2. The van der Waals surface area contributed by atoms with Gasteiger partial charge in [-0.05, 0) is 43.7 Å². The van der Waals surface area contributed by atoms with Crippen LogP contribution in [0.25, 0.3) is 0 Å². The molecule has 0 aliphatic carbocycles. The van der Waals surface area contributed by atoms with Gasteiger partial charge in [-0.3, -0.25) is 4.79 Å². The minimum Gasteiger partial charge on any atom is -0.465 e. The lowest BCUT2D eigenvalue weighted by atomic mass is 10.2. The molecule has 0 aliphatic heterocycles. The fourth-order valence-electron chi connectivity index (χ4n) is 1.91. The Kier molecular flexibility index (Phi) is 5.83. The van der Waals surface area contributed by atoms with Crippen molar-refractivity contribution in [1.29, 1.82) is 0 Å². The Balaban J connectivity index is 2.06. The van der Waals surface area contributed by atoms with Crippen LogP contribution in [0.2, 0.25) is 0 Å². The Morgan fingerprint density at radius 1 is 1.21 bits per heavy atom. The van der Waals surface area contributed by atoms with Crippen molar-refractivity contribution in [2.24, 2.45) is 0 Å². The summed E-state index contributed by atoms with van der Waals surface area (Å²) < 4.78 is 4.69. The van der Waals surface area contributed by atoms with Crippen molar-refractivity contribution in [3.63, 3.8) is 0 Å². The lowest BCUT2D eigenvalue weighted by molar-refractivity contribution is 0.0600. The summed E-state index contributed by atoms with van der Waals surface area (Å²) in [6.45, 7) is 3.92. The van der Waals surface area contributed by atoms with Crippen molar-refractivity contribution in [1.82, 2.24) is 15.5 Å². The second-order valence-corrected chi connectivity index (χ2v) is 5.28. The third-order valence-electron chi connectivity index (χ3n) is 3.44. The van der Waals surface area contributed by atoms with E-state index in [0.29, 0.717) is 17.1 Å². The van der Waals surface area contributed by atoms with E-state index in [1.54, 1.807) is 36.4 Å². The molecule has 1 atom stereocenters. The molecule has 7 nitrogen and oxygen atoms in total. The monoisotopic (exact) mass is 328 g/mol. The molecule has 0 saturated heterocycles. The van der Waals surface area contributed by atoms with Crippen molar-refractivity contribution in [2.75, 3.05) is 12.4 Å². The zero-order valence-electron chi connectivity index (χ0n) is 13.9. The predicted molar refractivity (Wildman–Crippen MR) is 90.3 cm³/mol. The second kappa shape index (κ2) is 8.05. The number of anilines is 2. The maximum Gasteiger partial charge on any atom is 0.337 e. The van der Waals surface area contributed by atoms with Crippen molar-refractivity contribution in [2.45, 2.75) is 26.3 Å². The molecule has 1 heterocycles. The molecule has 1 aromatic carbocycles. The summed E-state index contributed by atoms with van der Waals surface area (Å²) in [6.07, 6.45) is 0.843. The number of esters is 1. The van der Waals surface area contributed by atoms with E-state index in [1.165, 1.54) is 7.11 Å². The standard InChI is InChI=1S/C17H20N4O3/c1-4-11(2)18-16(22)14-8-9-15(21-20-14)19-13-7-5-6-12(10-13)17(23)24-3/h5-11H,4H2,1-3H3,(H,18,22)(H,19,21). The highest BCUT2D eigenvalue weighted by molar-refractivity contribution is 5.92. The summed E-state index contributed by atoms with van der Waals surface area (Å²) in [5, 5.41) is 13.8. The number of carbonyl (C=O) groups is 2. The van der Waals surface area contributed by atoms with Gasteiger partial charge in [-0.1, -0.05) is 13.0 Å². The number of nitrogens with zero attached hydrogens (tertiary/aromatic N) is 2. The highest BCUT2D eigenvalue weighted by Gasteiger charge is 2.11. The Bertz CT molecular complexity index is 716. The van der Waals surface area contributed by atoms with Gasteiger partial charge < -0.3 is 15.4 Å². The summed E-state index contributed by atoms with van der Waals surface area (Å²) in [6, 6.07) is 10.2. The zero-order chi connectivity index (χ0) is 17.5. The van der Waals surface area contributed by atoms with Crippen LogP contribution in [0.3, 0.4) is 0 Å². The molecule has 7 heteroatoms. The summed E-state index contributed by atoms with van der Waals surface area (Å²) >= 11 is 0. The molecule has 126 valence electrons. The van der Waals surface area contributed by atoms with Gasteiger partial charge in [0.05, 0.1) is 12.7 Å². The second-order valence-electron chi connectivity index (χ2n) is 5.28. The van der Waals surface area contributed by atoms with E-state index in [4.69, 9.17) is 0 Å². The number of carbonyl (C=O) groups excluding carboxylic acids is 2. The first-order chi connectivity index (χ1) is 11.5. The van der Waals surface area contributed by atoms with Crippen LogP contribution in [0.15, 0.2) is 36.4 Å². The minimum atomic E-state index is -0.415. The topological polar surface area (TPSA) is 93.2 Å². The van der Waals surface area contributed by atoms with Gasteiger partial charge in [0.1, 0.15) is 0 Å². The molecule has 0 spiro atoms. The molecule has 0 saturated carbocycles. The van der Waals surface area contributed by atoms with Crippen LogP contribution in [0.5, 0.6) is 0 Å². The molecule has 0 fully saturated rings. The first kappa shape index (κ1) is 17.4. The fraction of sp³-hybridized carbons (Fsp3) is 0.294. The van der Waals surface area contributed by atoms with Gasteiger partial charge >= 0.3 is 5.97 Å². The SMILES string of the molecule is CCC(C)NC(=O)c1ccc(Nc2cccc(C(=O)OC)c2)nn1. The number of ether oxygens (including phenoxy) is 1. The van der Waals surface area contributed by atoms with Crippen molar-refractivity contribution in [3.05, 3.63) is 47.7 Å². The number of rotatable bonds is 6. The first-order valence-corrected chi connectivity index (χ1v) is 7.63. The quantitative estimate of drug-likeness (QED) is 0.792. The third kappa shape index (κ3) is 4.52. The van der Waals surface area contributed by atoms with Gasteiger partial charge in [-0.15, -0.1) is 10.2 Å². The van der Waals surface area contributed by atoms with Gasteiger partial charge in [0.25, 0.3) is 5.91 Å². The Labute approximate surface area is 140 Å². The molecule has 0 bridgehead atoms. The maximum absolute atomic E-state index is 12.0. The van der Waals surface area contributed by atoms with E-state index >= 15 is 0 Å². The van der Waals surface area contributed by atoms with Crippen LogP contribution in [-0.4, -0.2) is 35.2 Å². The average Bonchev–Trinajstić information content (AvgIpc) is 2.61. The van der Waals surface area contributed by atoms with Crippen LogP contribution in [0, 0.1) is 0 Å². The highest BCUT2D eigenvalue weighted by Crippen LogP contribution is 2.16. The van der Waals surface area contributed by atoms with Crippen LogP contribution in [-0.2, 0) is 4.74 Å². The lowest BCUT2D eigenvalue weighted by Gasteiger charge is -2.11. The Hall–Kier alpha value is -2.96. The number of aromatic nitrogens is 2. The predicted octanol–water partition coefficient (Wildman–Crippen LogP) is 2.54. The molecular weight excluding hydrogens is 308 g/mol. The lowest BCUT2D eigenvalue weighted by Crippen LogP contribution is -2.32. The van der Waals surface area contributed by atoms with E-state index < -0.39 is 5.97 Å². The number of methoxy groups -OCH3 is 1. The molecule has 2 rings (SSSR count). The molecule has 0 aliphatic rings. The van der Waals surface area contributed by atoms with Crippen molar-refractivity contribution in [3.8, 4) is 0 Å². The number of amides is 1. The Morgan fingerprint density at radius 2 is 2.00 bits per heavy atom. The van der Waals surface area contributed by atoms with E-state index in [0.717, 1.165) is 6.42 Å². The normalized spacial score (nSPS) is 11.5. The van der Waals surface area contributed by atoms with E-state index in [1.807, 2.05) is 13.8 Å². The number of hydrogen-bond acceptors (Lipinski definition) is 6. The summed E-state index contributed by atoms with van der Waals surface area (Å²) in [7, 11) is 1.33. The molecule has 1 amide bonds. The smallest absolute Gasteiger partial charge is 0.337 e. The molecule has 24 heavy (non-hydrogen) atoms. The molecule has 1 aromatic heterocycles. The maximum atomic E-state index is 12.0. The van der Waals surface area contributed by atoms with Gasteiger partial charge in [-0.2, -0.15) is 0 Å². The van der Waals surface area contributed by atoms with Gasteiger partial charge in [-0.25, -0.2) is 4.79 Å². The summed E-state index contributed by atoms with van der Waals surface area (Å²) in [5.74, 6) is -0.199. The third-order valence-corrected chi connectivity index (χ3v) is 3.44. The Morgan fingerprint density at radius 3 is 2.62 bits per heavy atom. The van der Waals surface area contributed by atoms with Gasteiger partial charge in [0.15, 0.2) is 11.5 Å². The highest BCUT2D eigenvalue weighted by atomic mass is 16.5. The van der Waals surface area contributed by atoms with Crippen LogP contribution < -0.4 is 10.6 Å². The first-order valence-electron chi connectivity index (χ1n) is 7.63. The fourth-order valence-corrected chi connectivity index (χ4v) is 1.91. The number of nitrogens with one attached hydrogen (secondary N) is 2. The summed E-state index contributed by atoms with van der Waals surface area (Å²) in [4.78, 5) is 23.5. The molecule has 0 radical (unpaired) electrons. The average molecular weight is 328 g/mol. The zero-order valence-corrected chi connectivity index (χ0v) is 13.9. The number of benzene rings is 1. The van der Waals surface area contributed by atoms with Crippen molar-refractivity contribution < 1.29 is 14.3 Å². The molecule has 1 unspecified atom stereocenters.